The molecule has 0 unspecified atom stereocenters. The minimum absolute atomic E-state index is 0. The Balaban J connectivity index is 0.00000200. The van der Waals surface area contributed by atoms with Gasteiger partial charge in [0.05, 0.1) is 5.41 Å². The molecule has 3 nitrogen and oxygen atoms in total. The molecule has 1 saturated carbocycles. The molecule has 0 spiro atoms. The van der Waals surface area contributed by atoms with Crippen molar-refractivity contribution in [2.24, 2.45) is 0 Å². The van der Waals surface area contributed by atoms with Crippen LogP contribution in [0.4, 0.5) is 0 Å². The average molecular weight is 317 g/mol. The first-order valence-corrected chi connectivity index (χ1v) is 8.20. The lowest BCUT2D eigenvalue weighted by atomic mass is 9.72. The number of amides is 1. The number of carbonyl (C=O) groups is 1. The van der Waals surface area contributed by atoms with Crippen LogP contribution in [0.15, 0.2) is 17.5 Å². The summed E-state index contributed by atoms with van der Waals surface area (Å²) in [6, 6.07) is 4.18. The smallest absolute Gasteiger partial charge is 0.231 e. The van der Waals surface area contributed by atoms with Gasteiger partial charge < -0.3 is 10.6 Å². The summed E-state index contributed by atoms with van der Waals surface area (Å²) in [5, 5.41) is 8.44. The molecule has 1 heterocycles. The van der Waals surface area contributed by atoms with E-state index in [1.54, 1.807) is 11.3 Å². The van der Waals surface area contributed by atoms with Gasteiger partial charge in [-0.05, 0) is 30.8 Å². The number of nitrogens with one attached hydrogen (secondary N) is 2. The quantitative estimate of drug-likeness (QED) is 0.792. The average Bonchev–Trinajstić information content (AvgIpc) is 2.99. The van der Waals surface area contributed by atoms with Crippen molar-refractivity contribution < 1.29 is 4.79 Å². The molecular formula is C15H25ClN2OS. The molecule has 2 rings (SSSR count). The fraction of sp³-hybridized carbons (Fsp3) is 0.667. The molecule has 0 aromatic carbocycles. The van der Waals surface area contributed by atoms with Crippen molar-refractivity contribution in [3.63, 3.8) is 0 Å². The van der Waals surface area contributed by atoms with Crippen molar-refractivity contribution in [1.82, 2.24) is 10.6 Å². The Labute approximate surface area is 131 Å². The van der Waals surface area contributed by atoms with Gasteiger partial charge in [0, 0.05) is 18.0 Å². The van der Waals surface area contributed by atoms with Crippen LogP contribution in [0.1, 0.15) is 43.9 Å². The van der Waals surface area contributed by atoms with Crippen molar-refractivity contribution in [3.05, 3.63) is 22.4 Å². The summed E-state index contributed by atoms with van der Waals surface area (Å²) >= 11 is 1.72. The van der Waals surface area contributed by atoms with Crippen LogP contribution in [0.5, 0.6) is 0 Å². The minimum atomic E-state index is -0.251. The number of rotatable bonds is 6. The molecule has 1 fully saturated rings. The Bertz CT molecular complexity index is 389. The lowest BCUT2D eigenvalue weighted by Gasteiger charge is -2.35. The second-order valence-corrected chi connectivity index (χ2v) is 6.18. The summed E-state index contributed by atoms with van der Waals surface area (Å²) in [5.41, 5.74) is -0.251. The second-order valence-electron chi connectivity index (χ2n) is 5.23. The van der Waals surface area contributed by atoms with Crippen molar-refractivity contribution in [2.45, 2.75) is 44.4 Å². The maximum Gasteiger partial charge on any atom is 0.231 e. The minimum Gasteiger partial charge on any atom is -0.354 e. The third kappa shape index (κ3) is 3.96. The molecule has 0 radical (unpaired) electrons. The van der Waals surface area contributed by atoms with E-state index in [0.29, 0.717) is 0 Å². The van der Waals surface area contributed by atoms with Gasteiger partial charge in [0.1, 0.15) is 0 Å². The summed E-state index contributed by atoms with van der Waals surface area (Å²) in [6.07, 6.45) is 5.59. The fourth-order valence-corrected chi connectivity index (χ4v) is 3.89. The summed E-state index contributed by atoms with van der Waals surface area (Å²) in [4.78, 5) is 13.9. The molecule has 1 aliphatic rings. The van der Waals surface area contributed by atoms with E-state index < -0.39 is 0 Å². The molecule has 114 valence electrons. The lowest BCUT2D eigenvalue weighted by Crippen LogP contribution is -2.47. The van der Waals surface area contributed by atoms with Crippen molar-refractivity contribution in [3.8, 4) is 0 Å². The van der Waals surface area contributed by atoms with Gasteiger partial charge in [-0.2, -0.15) is 0 Å². The summed E-state index contributed by atoms with van der Waals surface area (Å²) in [7, 11) is 0. The fourth-order valence-electron chi connectivity index (χ4n) is 2.90. The highest BCUT2D eigenvalue weighted by molar-refractivity contribution is 7.10. The zero-order chi connectivity index (χ0) is 13.6. The predicted octanol–water partition coefficient (Wildman–Crippen LogP) is 3.10. The van der Waals surface area contributed by atoms with E-state index in [9.17, 15) is 4.79 Å². The molecule has 1 amide bonds. The third-order valence-electron chi connectivity index (χ3n) is 3.97. The van der Waals surface area contributed by atoms with E-state index in [4.69, 9.17) is 0 Å². The largest absolute Gasteiger partial charge is 0.354 e. The number of hydrogen-bond acceptors (Lipinski definition) is 3. The highest BCUT2D eigenvalue weighted by Crippen LogP contribution is 2.41. The molecular weight excluding hydrogens is 292 g/mol. The Morgan fingerprint density at radius 2 is 2.05 bits per heavy atom. The maximum atomic E-state index is 12.6. The molecule has 0 atom stereocenters. The van der Waals surface area contributed by atoms with E-state index in [0.717, 1.165) is 32.5 Å². The number of halogens is 1. The van der Waals surface area contributed by atoms with E-state index in [1.165, 1.54) is 24.1 Å². The Morgan fingerprint density at radius 1 is 1.30 bits per heavy atom. The van der Waals surface area contributed by atoms with Crippen LogP contribution in [0.3, 0.4) is 0 Å². The van der Waals surface area contributed by atoms with Gasteiger partial charge in [0.15, 0.2) is 0 Å². The highest BCUT2D eigenvalue weighted by atomic mass is 35.5. The van der Waals surface area contributed by atoms with Crippen LogP contribution in [0, 0.1) is 0 Å². The molecule has 20 heavy (non-hydrogen) atoms. The van der Waals surface area contributed by atoms with Gasteiger partial charge in [-0.3, -0.25) is 4.79 Å². The van der Waals surface area contributed by atoms with Crippen molar-refractivity contribution in [1.29, 1.82) is 0 Å². The van der Waals surface area contributed by atoms with Crippen LogP contribution in [0.25, 0.3) is 0 Å². The molecule has 0 saturated heterocycles. The lowest BCUT2D eigenvalue weighted by molar-refractivity contribution is -0.127. The monoisotopic (exact) mass is 316 g/mol. The van der Waals surface area contributed by atoms with Crippen LogP contribution < -0.4 is 10.6 Å². The number of likely N-dealkylation sites (N-methyl/N-ethyl adjacent to an activating group) is 1. The summed E-state index contributed by atoms with van der Waals surface area (Å²) in [5.74, 6) is 0.229. The number of hydrogen-bond donors (Lipinski definition) is 2. The molecule has 1 aliphatic carbocycles. The van der Waals surface area contributed by atoms with Gasteiger partial charge in [-0.25, -0.2) is 0 Å². The maximum absolute atomic E-state index is 12.6. The van der Waals surface area contributed by atoms with E-state index in [1.807, 2.05) is 0 Å². The molecule has 0 bridgehead atoms. The Hall–Kier alpha value is -0.580. The predicted molar refractivity (Wildman–Crippen MR) is 87.9 cm³/mol. The molecule has 1 aromatic heterocycles. The summed E-state index contributed by atoms with van der Waals surface area (Å²) in [6.45, 7) is 4.60. The van der Waals surface area contributed by atoms with Crippen molar-refractivity contribution >= 4 is 29.7 Å². The van der Waals surface area contributed by atoms with Crippen LogP contribution in [0.2, 0.25) is 0 Å². The zero-order valence-electron chi connectivity index (χ0n) is 12.1. The molecule has 1 aromatic rings. The van der Waals surface area contributed by atoms with Crippen LogP contribution in [-0.4, -0.2) is 25.5 Å². The first-order valence-electron chi connectivity index (χ1n) is 7.32. The molecule has 0 aliphatic heterocycles. The first kappa shape index (κ1) is 17.5. The highest BCUT2D eigenvalue weighted by Gasteiger charge is 2.41. The summed E-state index contributed by atoms with van der Waals surface area (Å²) < 4.78 is 0. The van der Waals surface area contributed by atoms with E-state index >= 15 is 0 Å². The second kappa shape index (κ2) is 8.65. The molecule has 5 heteroatoms. The topological polar surface area (TPSA) is 41.1 Å². The van der Waals surface area contributed by atoms with E-state index in [-0.39, 0.29) is 23.7 Å². The van der Waals surface area contributed by atoms with Gasteiger partial charge in [0.25, 0.3) is 0 Å². The van der Waals surface area contributed by atoms with Gasteiger partial charge in [-0.15, -0.1) is 23.7 Å². The SMILES string of the molecule is CCNCCNC(=O)C1(c2cccs2)CCCCC1.Cl. The van der Waals surface area contributed by atoms with Crippen LogP contribution in [-0.2, 0) is 10.2 Å². The standard InChI is InChI=1S/C15H24N2OS.ClH/c1-2-16-10-11-17-14(18)15(8-4-3-5-9-15)13-7-6-12-19-13;/h6-7,12,16H,2-5,8-11H2,1H3,(H,17,18);1H. The normalized spacial score (nSPS) is 17.2. The van der Waals surface area contributed by atoms with Gasteiger partial charge >= 0.3 is 0 Å². The number of thiophene rings is 1. The molecule has 2 N–H and O–H groups in total. The van der Waals surface area contributed by atoms with E-state index in [2.05, 4.69) is 35.1 Å². The van der Waals surface area contributed by atoms with Crippen molar-refractivity contribution in [2.75, 3.05) is 19.6 Å². The van der Waals surface area contributed by atoms with Crippen LogP contribution >= 0.6 is 23.7 Å². The van der Waals surface area contributed by atoms with Gasteiger partial charge in [0.2, 0.25) is 5.91 Å². The van der Waals surface area contributed by atoms with Gasteiger partial charge in [-0.1, -0.05) is 32.3 Å². The Morgan fingerprint density at radius 3 is 2.65 bits per heavy atom. The first-order chi connectivity index (χ1) is 9.29. The Kier molecular flexibility index (Phi) is 7.56. The third-order valence-corrected chi connectivity index (χ3v) is 5.05. The zero-order valence-corrected chi connectivity index (χ0v) is 13.7. The number of carbonyl (C=O) groups excluding carboxylic acids is 1.